The van der Waals surface area contributed by atoms with Gasteiger partial charge in [0.1, 0.15) is 0 Å². The first-order valence-electron chi connectivity index (χ1n) is 8.81. The SMILES string of the molecule is CCN(CC)C(=O)CCCN1CCC2(O)CCCCC2C1. The van der Waals surface area contributed by atoms with Crippen LogP contribution in [0.15, 0.2) is 0 Å². The fourth-order valence-corrected chi connectivity index (χ4v) is 4.03. The Bertz CT molecular complexity index is 344. The van der Waals surface area contributed by atoms with Crippen molar-refractivity contribution in [2.45, 2.75) is 64.4 Å². The van der Waals surface area contributed by atoms with Crippen LogP contribution >= 0.6 is 0 Å². The van der Waals surface area contributed by atoms with E-state index < -0.39 is 0 Å². The van der Waals surface area contributed by atoms with Crippen molar-refractivity contribution in [3.05, 3.63) is 0 Å². The maximum atomic E-state index is 12.0. The second kappa shape index (κ2) is 7.59. The van der Waals surface area contributed by atoms with E-state index in [1.165, 1.54) is 19.3 Å². The van der Waals surface area contributed by atoms with Crippen LogP contribution in [0.4, 0.5) is 0 Å². The van der Waals surface area contributed by atoms with Crippen molar-refractivity contribution in [1.29, 1.82) is 0 Å². The van der Waals surface area contributed by atoms with Crippen LogP contribution in [0.25, 0.3) is 0 Å². The summed E-state index contributed by atoms with van der Waals surface area (Å²) in [5.74, 6) is 0.740. The van der Waals surface area contributed by atoms with Gasteiger partial charge >= 0.3 is 0 Å². The molecule has 1 saturated heterocycles. The van der Waals surface area contributed by atoms with Gasteiger partial charge in [0.05, 0.1) is 5.60 Å². The molecule has 0 spiro atoms. The minimum absolute atomic E-state index is 0.284. The summed E-state index contributed by atoms with van der Waals surface area (Å²) in [5.41, 5.74) is -0.383. The lowest BCUT2D eigenvalue weighted by Gasteiger charge is -2.47. The molecule has 1 amide bonds. The Kier molecular flexibility index (Phi) is 6.06. The van der Waals surface area contributed by atoms with Gasteiger partial charge in [-0.05, 0) is 46.1 Å². The number of likely N-dealkylation sites (tertiary alicyclic amines) is 1. The van der Waals surface area contributed by atoms with Crippen LogP contribution in [0.2, 0.25) is 0 Å². The lowest BCUT2D eigenvalue weighted by Crippen LogP contribution is -2.53. The van der Waals surface area contributed by atoms with Gasteiger partial charge in [0.15, 0.2) is 0 Å². The molecule has 4 nitrogen and oxygen atoms in total. The van der Waals surface area contributed by atoms with Crippen LogP contribution in [0.1, 0.15) is 58.8 Å². The first kappa shape index (κ1) is 16.8. The first-order chi connectivity index (χ1) is 10.1. The molecule has 0 aromatic rings. The average Bonchev–Trinajstić information content (AvgIpc) is 2.48. The monoisotopic (exact) mass is 296 g/mol. The maximum absolute atomic E-state index is 12.0. The van der Waals surface area contributed by atoms with Crippen molar-refractivity contribution in [2.24, 2.45) is 5.92 Å². The van der Waals surface area contributed by atoms with Gasteiger partial charge in [-0.2, -0.15) is 0 Å². The summed E-state index contributed by atoms with van der Waals surface area (Å²) in [6.07, 6.45) is 7.14. The maximum Gasteiger partial charge on any atom is 0.222 e. The van der Waals surface area contributed by atoms with E-state index in [2.05, 4.69) is 4.90 Å². The molecule has 1 heterocycles. The van der Waals surface area contributed by atoms with E-state index in [-0.39, 0.29) is 11.5 Å². The van der Waals surface area contributed by atoms with E-state index in [1.807, 2.05) is 18.7 Å². The van der Waals surface area contributed by atoms with Crippen LogP contribution in [-0.2, 0) is 4.79 Å². The number of fused-ring (bicyclic) bond motifs is 1. The molecule has 122 valence electrons. The summed E-state index contributed by atoms with van der Waals surface area (Å²) in [6.45, 7) is 8.72. The zero-order valence-electron chi connectivity index (χ0n) is 13.8. The number of rotatable bonds is 6. The molecule has 0 bridgehead atoms. The van der Waals surface area contributed by atoms with E-state index >= 15 is 0 Å². The fraction of sp³-hybridized carbons (Fsp3) is 0.941. The number of hydrogen-bond acceptors (Lipinski definition) is 3. The highest BCUT2D eigenvalue weighted by Gasteiger charge is 2.42. The van der Waals surface area contributed by atoms with Crippen LogP contribution < -0.4 is 0 Å². The van der Waals surface area contributed by atoms with Crippen LogP contribution in [0.5, 0.6) is 0 Å². The molecule has 2 fully saturated rings. The predicted molar refractivity (Wildman–Crippen MR) is 85.1 cm³/mol. The molecule has 2 aliphatic rings. The Labute approximate surface area is 129 Å². The van der Waals surface area contributed by atoms with Crippen LogP contribution in [0.3, 0.4) is 0 Å². The van der Waals surface area contributed by atoms with Crippen LogP contribution in [0, 0.1) is 5.92 Å². The summed E-state index contributed by atoms with van der Waals surface area (Å²) < 4.78 is 0. The number of nitrogens with zero attached hydrogens (tertiary/aromatic N) is 2. The van der Waals surface area contributed by atoms with E-state index in [0.29, 0.717) is 12.3 Å². The largest absolute Gasteiger partial charge is 0.390 e. The molecule has 4 heteroatoms. The molecule has 1 aliphatic heterocycles. The topological polar surface area (TPSA) is 43.8 Å². The summed E-state index contributed by atoms with van der Waals surface area (Å²) in [5, 5.41) is 10.7. The zero-order valence-corrected chi connectivity index (χ0v) is 13.8. The lowest BCUT2D eigenvalue weighted by molar-refractivity contribution is -0.131. The van der Waals surface area contributed by atoms with Crippen molar-refractivity contribution in [2.75, 3.05) is 32.7 Å². The molecule has 0 aromatic heterocycles. The number of hydrogen-bond donors (Lipinski definition) is 1. The van der Waals surface area contributed by atoms with Gasteiger partial charge in [-0.1, -0.05) is 12.8 Å². The van der Waals surface area contributed by atoms with Gasteiger partial charge in [-0.15, -0.1) is 0 Å². The molecule has 1 N–H and O–H groups in total. The zero-order chi connectivity index (χ0) is 15.3. The molecule has 1 saturated carbocycles. The Balaban J connectivity index is 1.71. The second-order valence-corrected chi connectivity index (χ2v) is 6.77. The van der Waals surface area contributed by atoms with Crippen molar-refractivity contribution < 1.29 is 9.90 Å². The number of carbonyl (C=O) groups is 1. The van der Waals surface area contributed by atoms with Crippen molar-refractivity contribution >= 4 is 5.91 Å². The summed E-state index contributed by atoms with van der Waals surface area (Å²) >= 11 is 0. The number of aliphatic hydroxyl groups is 1. The molecule has 21 heavy (non-hydrogen) atoms. The Morgan fingerprint density at radius 2 is 2.05 bits per heavy atom. The number of piperidine rings is 1. The van der Waals surface area contributed by atoms with E-state index in [1.54, 1.807) is 0 Å². The standard InChI is InChI=1S/C17H32N2O2/c1-3-19(4-2)16(20)9-7-12-18-13-11-17(21)10-6-5-8-15(17)14-18/h15,21H,3-14H2,1-2H3. The minimum Gasteiger partial charge on any atom is -0.390 e. The Hall–Kier alpha value is -0.610. The van der Waals surface area contributed by atoms with E-state index in [0.717, 1.165) is 52.0 Å². The molecule has 0 aromatic carbocycles. The molecule has 1 aliphatic carbocycles. The summed E-state index contributed by atoms with van der Waals surface area (Å²) in [7, 11) is 0. The average molecular weight is 296 g/mol. The third kappa shape index (κ3) is 4.19. The van der Waals surface area contributed by atoms with Gasteiger partial charge in [0.2, 0.25) is 5.91 Å². The first-order valence-corrected chi connectivity index (χ1v) is 8.81. The van der Waals surface area contributed by atoms with Gasteiger partial charge in [-0.25, -0.2) is 0 Å². The van der Waals surface area contributed by atoms with Gasteiger partial charge in [0.25, 0.3) is 0 Å². The van der Waals surface area contributed by atoms with Gasteiger partial charge in [-0.3, -0.25) is 4.79 Å². The third-order valence-electron chi connectivity index (χ3n) is 5.49. The van der Waals surface area contributed by atoms with Crippen molar-refractivity contribution in [3.63, 3.8) is 0 Å². The highest BCUT2D eigenvalue weighted by Crippen LogP contribution is 2.39. The van der Waals surface area contributed by atoms with Gasteiger partial charge < -0.3 is 14.9 Å². The van der Waals surface area contributed by atoms with E-state index in [9.17, 15) is 9.90 Å². The fourth-order valence-electron chi connectivity index (χ4n) is 4.03. The van der Waals surface area contributed by atoms with E-state index in [4.69, 9.17) is 0 Å². The highest BCUT2D eigenvalue weighted by molar-refractivity contribution is 5.76. The summed E-state index contributed by atoms with van der Waals surface area (Å²) in [6, 6.07) is 0. The second-order valence-electron chi connectivity index (χ2n) is 6.77. The predicted octanol–water partition coefficient (Wildman–Crippen LogP) is 2.26. The molecule has 2 rings (SSSR count). The molecule has 2 unspecified atom stereocenters. The number of carbonyl (C=O) groups excluding carboxylic acids is 1. The third-order valence-corrected chi connectivity index (χ3v) is 5.49. The number of amides is 1. The Morgan fingerprint density at radius 1 is 1.29 bits per heavy atom. The molecule has 0 radical (unpaired) electrons. The normalized spacial score (nSPS) is 30.0. The minimum atomic E-state index is -0.383. The molecular formula is C17H32N2O2. The van der Waals surface area contributed by atoms with Crippen LogP contribution in [-0.4, -0.2) is 59.1 Å². The van der Waals surface area contributed by atoms with Gasteiger partial charge in [0, 0.05) is 38.5 Å². The summed E-state index contributed by atoms with van der Waals surface area (Å²) in [4.78, 5) is 16.4. The Morgan fingerprint density at radius 3 is 2.76 bits per heavy atom. The van der Waals surface area contributed by atoms with Crippen molar-refractivity contribution in [3.8, 4) is 0 Å². The lowest BCUT2D eigenvalue weighted by atomic mass is 9.71. The smallest absolute Gasteiger partial charge is 0.222 e. The quantitative estimate of drug-likeness (QED) is 0.817. The highest BCUT2D eigenvalue weighted by atomic mass is 16.3. The van der Waals surface area contributed by atoms with Crippen molar-refractivity contribution in [1.82, 2.24) is 9.80 Å². The molecule has 2 atom stereocenters. The molecular weight excluding hydrogens is 264 g/mol.